The van der Waals surface area contributed by atoms with Crippen LogP contribution in [0.15, 0.2) is 18.3 Å². The summed E-state index contributed by atoms with van der Waals surface area (Å²) in [6.07, 6.45) is 1.69. The number of pyridine rings is 1. The Kier molecular flexibility index (Phi) is 5.29. The van der Waals surface area contributed by atoms with Gasteiger partial charge in [0.1, 0.15) is 6.04 Å². The number of rotatable bonds is 6. The molecule has 2 N–H and O–H groups in total. The lowest BCUT2D eigenvalue weighted by Crippen LogP contribution is -2.40. The number of ether oxygens (including phenoxy) is 1. The Balaban J connectivity index is 2.70. The molecule has 1 aromatic heterocycles. The van der Waals surface area contributed by atoms with Crippen molar-refractivity contribution in [2.24, 2.45) is 0 Å². The summed E-state index contributed by atoms with van der Waals surface area (Å²) in [5.41, 5.74) is 0.302. The van der Waals surface area contributed by atoms with Gasteiger partial charge in [0.2, 0.25) is 5.88 Å². The van der Waals surface area contributed by atoms with E-state index in [4.69, 9.17) is 9.84 Å². The van der Waals surface area contributed by atoms with Gasteiger partial charge in [-0.1, -0.05) is 6.92 Å². The third kappa shape index (κ3) is 4.57. The summed E-state index contributed by atoms with van der Waals surface area (Å²) in [6.45, 7) is 5.44. The third-order valence-corrected chi connectivity index (χ3v) is 2.37. The van der Waals surface area contributed by atoms with E-state index in [9.17, 15) is 9.59 Å². The molecule has 1 heterocycles. The largest absolute Gasteiger partial charge is 0.480 e. The molecule has 104 valence electrons. The van der Waals surface area contributed by atoms with Crippen LogP contribution in [0.3, 0.4) is 0 Å². The predicted octanol–water partition coefficient (Wildman–Crippen LogP) is 1.46. The molecular formula is C13H18N2O4. The van der Waals surface area contributed by atoms with E-state index in [1.165, 1.54) is 6.20 Å². The Hall–Kier alpha value is -2.11. The lowest BCUT2D eigenvalue weighted by molar-refractivity contribution is -0.139. The molecule has 1 unspecified atom stereocenters. The summed E-state index contributed by atoms with van der Waals surface area (Å²) < 4.78 is 5.35. The van der Waals surface area contributed by atoms with Crippen molar-refractivity contribution in [2.45, 2.75) is 39.3 Å². The SMILES string of the molecule is CCC(NC(=O)c1ccc(OC(C)C)nc1)C(=O)O. The molecule has 0 aliphatic carbocycles. The van der Waals surface area contributed by atoms with Crippen molar-refractivity contribution >= 4 is 11.9 Å². The third-order valence-electron chi connectivity index (χ3n) is 2.37. The van der Waals surface area contributed by atoms with E-state index in [2.05, 4.69) is 10.3 Å². The summed E-state index contributed by atoms with van der Waals surface area (Å²) >= 11 is 0. The molecule has 0 aromatic carbocycles. The summed E-state index contributed by atoms with van der Waals surface area (Å²) in [5.74, 6) is -1.08. The van der Waals surface area contributed by atoms with Crippen LogP contribution in [0, 0.1) is 0 Å². The molecule has 1 amide bonds. The number of aromatic nitrogens is 1. The average Bonchev–Trinajstić information content (AvgIpc) is 2.35. The van der Waals surface area contributed by atoms with Crippen LogP contribution in [-0.2, 0) is 4.79 Å². The van der Waals surface area contributed by atoms with E-state index < -0.39 is 17.9 Å². The number of carbonyl (C=O) groups excluding carboxylic acids is 1. The molecule has 0 aliphatic rings. The van der Waals surface area contributed by atoms with Gasteiger partial charge < -0.3 is 15.2 Å². The molecule has 1 aromatic rings. The second-order valence-corrected chi connectivity index (χ2v) is 4.32. The highest BCUT2D eigenvalue weighted by Crippen LogP contribution is 2.09. The second-order valence-electron chi connectivity index (χ2n) is 4.32. The first-order valence-corrected chi connectivity index (χ1v) is 6.10. The number of nitrogens with one attached hydrogen (secondary N) is 1. The van der Waals surface area contributed by atoms with Gasteiger partial charge in [-0.2, -0.15) is 0 Å². The normalized spacial score (nSPS) is 12.0. The zero-order valence-electron chi connectivity index (χ0n) is 11.2. The molecule has 6 heteroatoms. The molecule has 19 heavy (non-hydrogen) atoms. The fourth-order valence-electron chi connectivity index (χ4n) is 1.41. The standard InChI is InChI=1S/C13H18N2O4/c1-4-10(13(17)18)15-12(16)9-5-6-11(14-7-9)19-8(2)3/h5-8,10H,4H2,1-3H3,(H,15,16)(H,17,18). The van der Waals surface area contributed by atoms with Crippen LogP contribution >= 0.6 is 0 Å². The van der Waals surface area contributed by atoms with Crippen molar-refractivity contribution in [3.05, 3.63) is 23.9 Å². The number of hydrogen-bond acceptors (Lipinski definition) is 4. The number of hydrogen-bond donors (Lipinski definition) is 2. The quantitative estimate of drug-likeness (QED) is 0.813. The van der Waals surface area contributed by atoms with E-state index in [0.29, 0.717) is 17.9 Å². The summed E-state index contributed by atoms with van der Waals surface area (Å²) in [7, 11) is 0. The first kappa shape index (κ1) is 14.9. The number of nitrogens with zero attached hydrogens (tertiary/aromatic N) is 1. The maximum absolute atomic E-state index is 11.8. The van der Waals surface area contributed by atoms with E-state index in [-0.39, 0.29) is 6.10 Å². The molecule has 1 atom stereocenters. The van der Waals surface area contributed by atoms with Gasteiger partial charge in [-0.05, 0) is 26.3 Å². The molecule has 0 radical (unpaired) electrons. The lowest BCUT2D eigenvalue weighted by Gasteiger charge is -2.12. The van der Waals surface area contributed by atoms with Gasteiger partial charge in [-0.15, -0.1) is 0 Å². The van der Waals surface area contributed by atoms with Crippen LogP contribution < -0.4 is 10.1 Å². The van der Waals surface area contributed by atoms with Crippen molar-refractivity contribution in [1.82, 2.24) is 10.3 Å². The molecule has 0 saturated carbocycles. The Morgan fingerprint density at radius 1 is 1.42 bits per heavy atom. The molecule has 6 nitrogen and oxygen atoms in total. The van der Waals surface area contributed by atoms with Crippen LogP contribution in [0.4, 0.5) is 0 Å². The van der Waals surface area contributed by atoms with E-state index in [1.807, 2.05) is 13.8 Å². The van der Waals surface area contributed by atoms with E-state index in [0.717, 1.165) is 0 Å². The molecule has 0 aliphatic heterocycles. The van der Waals surface area contributed by atoms with E-state index >= 15 is 0 Å². The maximum atomic E-state index is 11.8. The summed E-state index contributed by atoms with van der Waals surface area (Å²) in [6, 6.07) is 2.24. The van der Waals surface area contributed by atoms with Crippen molar-refractivity contribution < 1.29 is 19.4 Å². The minimum atomic E-state index is -1.05. The average molecular weight is 266 g/mol. The van der Waals surface area contributed by atoms with Gasteiger partial charge in [0, 0.05) is 12.3 Å². The predicted molar refractivity (Wildman–Crippen MR) is 69.2 cm³/mol. The van der Waals surface area contributed by atoms with Gasteiger partial charge in [-0.25, -0.2) is 9.78 Å². The van der Waals surface area contributed by atoms with Gasteiger partial charge >= 0.3 is 5.97 Å². The zero-order chi connectivity index (χ0) is 14.4. The number of carbonyl (C=O) groups is 2. The molecule has 0 fully saturated rings. The van der Waals surface area contributed by atoms with E-state index in [1.54, 1.807) is 19.1 Å². The first-order valence-electron chi connectivity index (χ1n) is 6.10. The molecule has 0 spiro atoms. The first-order chi connectivity index (χ1) is 8.93. The molecule has 0 saturated heterocycles. The fourth-order valence-corrected chi connectivity index (χ4v) is 1.41. The highest BCUT2D eigenvalue weighted by molar-refractivity contribution is 5.96. The summed E-state index contributed by atoms with van der Waals surface area (Å²) in [4.78, 5) is 26.6. The van der Waals surface area contributed by atoms with Crippen molar-refractivity contribution in [1.29, 1.82) is 0 Å². The Morgan fingerprint density at radius 3 is 2.53 bits per heavy atom. The minimum Gasteiger partial charge on any atom is -0.480 e. The highest BCUT2D eigenvalue weighted by Gasteiger charge is 2.18. The minimum absolute atomic E-state index is 0.00339. The number of carboxylic acid groups (broad SMARTS) is 1. The van der Waals surface area contributed by atoms with Crippen molar-refractivity contribution in [3.63, 3.8) is 0 Å². The monoisotopic (exact) mass is 266 g/mol. The fraction of sp³-hybridized carbons (Fsp3) is 0.462. The van der Waals surface area contributed by atoms with Gasteiger partial charge in [0.05, 0.1) is 11.7 Å². The Labute approximate surface area is 111 Å². The Bertz CT molecular complexity index is 442. The van der Waals surface area contributed by atoms with Crippen LogP contribution in [-0.4, -0.2) is 34.1 Å². The highest BCUT2D eigenvalue weighted by atomic mass is 16.5. The summed E-state index contributed by atoms with van der Waals surface area (Å²) in [5, 5.41) is 11.3. The van der Waals surface area contributed by atoms with Gasteiger partial charge in [0.25, 0.3) is 5.91 Å². The topological polar surface area (TPSA) is 88.5 Å². The molecule has 0 bridgehead atoms. The number of carboxylic acids is 1. The smallest absolute Gasteiger partial charge is 0.326 e. The second kappa shape index (κ2) is 6.72. The Morgan fingerprint density at radius 2 is 2.11 bits per heavy atom. The van der Waals surface area contributed by atoms with Gasteiger partial charge in [0.15, 0.2) is 0 Å². The zero-order valence-corrected chi connectivity index (χ0v) is 11.2. The lowest BCUT2D eigenvalue weighted by atomic mass is 10.2. The van der Waals surface area contributed by atoms with Crippen LogP contribution in [0.5, 0.6) is 5.88 Å². The van der Waals surface area contributed by atoms with Crippen LogP contribution in [0.25, 0.3) is 0 Å². The number of aliphatic carboxylic acids is 1. The van der Waals surface area contributed by atoms with Crippen molar-refractivity contribution in [3.8, 4) is 5.88 Å². The van der Waals surface area contributed by atoms with Crippen LogP contribution in [0.1, 0.15) is 37.6 Å². The number of amides is 1. The molecular weight excluding hydrogens is 248 g/mol. The maximum Gasteiger partial charge on any atom is 0.326 e. The van der Waals surface area contributed by atoms with Gasteiger partial charge in [-0.3, -0.25) is 4.79 Å². The van der Waals surface area contributed by atoms with Crippen LogP contribution in [0.2, 0.25) is 0 Å². The van der Waals surface area contributed by atoms with Crippen molar-refractivity contribution in [2.75, 3.05) is 0 Å². The molecule has 1 rings (SSSR count).